The van der Waals surface area contributed by atoms with Crippen molar-refractivity contribution in [1.29, 1.82) is 0 Å². The summed E-state index contributed by atoms with van der Waals surface area (Å²) >= 11 is 8.28. The predicted molar refractivity (Wildman–Crippen MR) is 109 cm³/mol. The highest BCUT2D eigenvalue weighted by Gasteiger charge is 2.32. The summed E-state index contributed by atoms with van der Waals surface area (Å²) in [6.07, 6.45) is 2.81. The number of hydrogen-bond donors (Lipinski definition) is 1. The van der Waals surface area contributed by atoms with E-state index in [4.69, 9.17) is 16.6 Å². The molecule has 1 aliphatic heterocycles. The lowest BCUT2D eigenvalue weighted by molar-refractivity contribution is -0.384. The lowest BCUT2D eigenvalue weighted by Crippen LogP contribution is -2.53. The van der Waals surface area contributed by atoms with Gasteiger partial charge in [-0.2, -0.15) is 0 Å². The number of furan rings is 1. The van der Waals surface area contributed by atoms with Crippen LogP contribution >= 0.6 is 28.1 Å². The number of nitro groups is 1. The van der Waals surface area contributed by atoms with E-state index in [2.05, 4.69) is 27.8 Å². The number of halogens is 1. The molecule has 1 aliphatic rings. The van der Waals surface area contributed by atoms with E-state index in [1.54, 1.807) is 18.2 Å². The van der Waals surface area contributed by atoms with E-state index in [-0.39, 0.29) is 28.7 Å². The summed E-state index contributed by atoms with van der Waals surface area (Å²) < 4.78 is 6.17. The molecule has 10 heteroatoms. The van der Waals surface area contributed by atoms with E-state index < -0.39 is 16.7 Å². The molecule has 0 spiro atoms. The van der Waals surface area contributed by atoms with E-state index in [0.717, 1.165) is 0 Å². The van der Waals surface area contributed by atoms with Crippen molar-refractivity contribution in [3.05, 3.63) is 68.9 Å². The maximum absolute atomic E-state index is 12.5. The number of thiocarbonyl (C=S) groups is 1. The molecule has 0 radical (unpaired) electrons. The standard InChI is InChI=1S/C18H12BrN3O5S/c1-2-7-21-17(24)13(16(23)20-18(21)28)9-11-4-6-15(27-11)12-5-3-10(22(25)26)8-14(12)19/h2-6,8-9H,1,7H2,(H,20,23,28). The average molecular weight is 462 g/mol. The van der Waals surface area contributed by atoms with Crippen molar-refractivity contribution >= 4 is 56.8 Å². The number of non-ortho nitro benzene ring substituents is 1. The van der Waals surface area contributed by atoms with Gasteiger partial charge in [0.1, 0.15) is 17.1 Å². The Labute approximate surface area is 172 Å². The highest BCUT2D eigenvalue weighted by molar-refractivity contribution is 9.10. The molecule has 0 unspecified atom stereocenters. The van der Waals surface area contributed by atoms with Gasteiger partial charge in [-0.15, -0.1) is 6.58 Å². The van der Waals surface area contributed by atoms with Crippen LogP contribution in [-0.4, -0.2) is 33.3 Å². The summed E-state index contributed by atoms with van der Waals surface area (Å²) in [5, 5.41) is 13.3. The van der Waals surface area contributed by atoms with Crippen molar-refractivity contribution in [3.63, 3.8) is 0 Å². The number of benzene rings is 1. The Bertz CT molecular complexity index is 1060. The second-order valence-electron chi connectivity index (χ2n) is 5.64. The number of nitrogens with zero attached hydrogens (tertiary/aromatic N) is 2. The molecule has 1 fully saturated rings. The average Bonchev–Trinajstić information content (AvgIpc) is 3.10. The van der Waals surface area contributed by atoms with Crippen molar-refractivity contribution in [3.8, 4) is 11.3 Å². The summed E-state index contributed by atoms with van der Waals surface area (Å²) in [4.78, 5) is 36.2. The highest BCUT2D eigenvalue weighted by atomic mass is 79.9. The van der Waals surface area contributed by atoms with Crippen molar-refractivity contribution in [2.75, 3.05) is 6.54 Å². The van der Waals surface area contributed by atoms with Crippen LogP contribution in [0.4, 0.5) is 5.69 Å². The van der Waals surface area contributed by atoms with Crippen LogP contribution in [-0.2, 0) is 9.59 Å². The van der Waals surface area contributed by atoms with E-state index in [1.807, 2.05) is 0 Å². The Morgan fingerprint density at radius 1 is 1.32 bits per heavy atom. The fourth-order valence-corrected chi connectivity index (χ4v) is 3.34. The zero-order valence-corrected chi connectivity index (χ0v) is 16.6. The van der Waals surface area contributed by atoms with E-state index in [1.165, 1.54) is 29.2 Å². The Balaban J connectivity index is 1.92. The minimum Gasteiger partial charge on any atom is -0.457 e. The molecule has 0 bridgehead atoms. The molecular formula is C18H12BrN3O5S. The van der Waals surface area contributed by atoms with Gasteiger partial charge in [0.15, 0.2) is 5.11 Å². The summed E-state index contributed by atoms with van der Waals surface area (Å²) in [5.41, 5.74) is 0.399. The van der Waals surface area contributed by atoms with Crippen LogP contribution in [0, 0.1) is 10.1 Å². The van der Waals surface area contributed by atoms with Gasteiger partial charge in [-0.05, 0) is 52.4 Å². The molecule has 28 heavy (non-hydrogen) atoms. The molecule has 2 heterocycles. The summed E-state index contributed by atoms with van der Waals surface area (Å²) in [5.74, 6) is -0.492. The fourth-order valence-electron chi connectivity index (χ4n) is 2.52. The second kappa shape index (κ2) is 7.87. The molecule has 0 atom stereocenters. The molecule has 0 aliphatic carbocycles. The molecule has 1 N–H and O–H groups in total. The lowest BCUT2D eigenvalue weighted by atomic mass is 10.1. The van der Waals surface area contributed by atoms with Crippen molar-refractivity contribution in [2.24, 2.45) is 0 Å². The molecule has 0 saturated carbocycles. The van der Waals surface area contributed by atoms with Gasteiger partial charge in [0.05, 0.1) is 4.92 Å². The molecule has 2 amide bonds. The monoisotopic (exact) mass is 461 g/mol. The Hall–Kier alpha value is -3.11. The third kappa shape index (κ3) is 3.78. The smallest absolute Gasteiger partial charge is 0.270 e. The molecule has 1 aromatic carbocycles. The third-order valence-corrected chi connectivity index (χ3v) is 4.82. The van der Waals surface area contributed by atoms with Crippen LogP contribution in [0.3, 0.4) is 0 Å². The Morgan fingerprint density at radius 3 is 2.71 bits per heavy atom. The molecule has 142 valence electrons. The predicted octanol–water partition coefficient (Wildman–Crippen LogP) is 3.43. The molecule has 2 aromatic rings. The SMILES string of the molecule is C=CCN1C(=O)C(=Cc2ccc(-c3ccc([N+](=O)[O-])cc3Br)o2)C(=O)NC1=S. The molecule has 8 nitrogen and oxygen atoms in total. The van der Waals surface area contributed by atoms with Crippen molar-refractivity contribution in [2.45, 2.75) is 0 Å². The number of carbonyl (C=O) groups excluding carboxylic acids is 2. The minimum atomic E-state index is -0.621. The van der Waals surface area contributed by atoms with E-state index in [9.17, 15) is 19.7 Å². The number of nitrogens with one attached hydrogen (secondary N) is 1. The van der Waals surface area contributed by atoms with Gasteiger partial charge >= 0.3 is 0 Å². The van der Waals surface area contributed by atoms with Gasteiger partial charge in [0, 0.05) is 28.7 Å². The Kier molecular flexibility index (Phi) is 5.52. The van der Waals surface area contributed by atoms with Gasteiger partial charge in [-0.3, -0.25) is 29.9 Å². The van der Waals surface area contributed by atoms with Crippen LogP contribution in [0.2, 0.25) is 0 Å². The van der Waals surface area contributed by atoms with Gasteiger partial charge in [0.2, 0.25) is 0 Å². The van der Waals surface area contributed by atoms with Crippen LogP contribution in [0.1, 0.15) is 5.76 Å². The molecular weight excluding hydrogens is 450 g/mol. The number of nitro benzene ring substituents is 1. The third-order valence-electron chi connectivity index (χ3n) is 3.84. The summed E-state index contributed by atoms with van der Waals surface area (Å²) in [7, 11) is 0. The molecule has 1 aromatic heterocycles. The second-order valence-corrected chi connectivity index (χ2v) is 6.89. The highest BCUT2D eigenvalue weighted by Crippen LogP contribution is 2.33. The number of hydrogen-bond acceptors (Lipinski definition) is 6. The van der Waals surface area contributed by atoms with Gasteiger partial charge in [-0.1, -0.05) is 6.08 Å². The topological polar surface area (TPSA) is 106 Å². The normalized spacial score (nSPS) is 15.7. The number of amides is 2. The van der Waals surface area contributed by atoms with Crippen molar-refractivity contribution < 1.29 is 18.9 Å². The first kappa shape index (κ1) is 19.6. The summed E-state index contributed by atoms with van der Waals surface area (Å²) in [6.45, 7) is 3.72. The van der Waals surface area contributed by atoms with Crippen LogP contribution in [0.15, 0.2) is 57.4 Å². The first-order valence-corrected chi connectivity index (χ1v) is 9.06. The van der Waals surface area contributed by atoms with Gasteiger partial charge < -0.3 is 4.42 Å². The molecule has 1 saturated heterocycles. The fraction of sp³-hybridized carbons (Fsp3) is 0.0556. The molecule has 3 rings (SSSR count). The quantitative estimate of drug-likeness (QED) is 0.182. The summed E-state index contributed by atoms with van der Waals surface area (Å²) in [6, 6.07) is 7.48. The lowest BCUT2D eigenvalue weighted by Gasteiger charge is -2.27. The maximum atomic E-state index is 12.5. The first-order chi connectivity index (χ1) is 13.3. The van der Waals surface area contributed by atoms with Gasteiger partial charge in [-0.25, -0.2) is 0 Å². The number of carbonyl (C=O) groups is 2. The minimum absolute atomic E-state index is 0.0157. The maximum Gasteiger partial charge on any atom is 0.270 e. The zero-order valence-electron chi connectivity index (χ0n) is 14.2. The van der Waals surface area contributed by atoms with Crippen LogP contribution in [0.5, 0.6) is 0 Å². The van der Waals surface area contributed by atoms with Crippen molar-refractivity contribution in [1.82, 2.24) is 10.2 Å². The first-order valence-electron chi connectivity index (χ1n) is 7.85. The zero-order chi connectivity index (χ0) is 20.4. The van der Waals surface area contributed by atoms with Crippen LogP contribution in [0.25, 0.3) is 17.4 Å². The van der Waals surface area contributed by atoms with E-state index >= 15 is 0 Å². The van der Waals surface area contributed by atoms with E-state index in [0.29, 0.717) is 15.8 Å². The van der Waals surface area contributed by atoms with Gasteiger partial charge in [0.25, 0.3) is 17.5 Å². The van der Waals surface area contributed by atoms with Crippen LogP contribution < -0.4 is 5.32 Å². The number of rotatable bonds is 5. The Morgan fingerprint density at radius 2 is 2.07 bits per heavy atom. The largest absolute Gasteiger partial charge is 0.457 e.